The van der Waals surface area contributed by atoms with Crippen LogP contribution in [0, 0.1) is 17.2 Å². The molecule has 2 unspecified atom stereocenters. The predicted octanol–water partition coefficient (Wildman–Crippen LogP) is 2.72. The third kappa shape index (κ3) is 5.11. The molecule has 0 saturated carbocycles. The number of likely N-dealkylation sites (N-methyl/N-ethyl adjacent to an activating group) is 1. The lowest BCUT2D eigenvalue weighted by atomic mass is 10.1. The smallest absolute Gasteiger partial charge is 0.323 e. The average molecular weight is 415 g/mol. The second kappa shape index (κ2) is 9.81. The molecule has 0 bridgehead atoms. The fraction of sp³-hybridized carbons (Fsp3) is 0.476. The number of anilines is 1. The first-order chi connectivity index (χ1) is 14.0. The molecule has 29 heavy (non-hydrogen) atoms. The van der Waals surface area contributed by atoms with E-state index in [1.165, 1.54) is 36.4 Å². The van der Waals surface area contributed by atoms with E-state index in [9.17, 15) is 20.0 Å². The zero-order chi connectivity index (χ0) is 20.8. The Bertz CT molecular complexity index is 829. The van der Waals surface area contributed by atoms with Crippen LogP contribution < -0.4 is 5.32 Å². The Hall–Kier alpha value is -2.50. The minimum absolute atomic E-state index is 0.248. The minimum atomic E-state index is -1.26. The van der Waals surface area contributed by atoms with Crippen molar-refractivity contribution >= 4 is 29.3 Å². The number of aliphatic carboxylic acids is 1. The first kappa shape index (κ1) is 21.2. The largest absolute Gasteiger partial charge is 0.480 e. The molecular weight excluding hydrogens is 388 g/mol. The average Bonchev–Trinajstić information content (AvgIpc) is 3.33. The molecule has 0 aliphatic carbocycles. The molecule has 0 radical (unpaired) electrons. The molecule has 2 fully saturated rings. The Morgan fingerprint density at radius 2 is 2.21 bits per heavy atom. The van der Waals surface area contributed by atoms with Gasteiger partial charge in [0.2, 0.25) is 0 Å². The molecule has 0 aromatic heterocycles. The molecule has 8 heteroatoms. The molecule has 154 valence electrons. The van der Waals surface area contributed by atoms with Crippen molar-refractivity contribution in [1.82, 2.24) is 9.80 Å². The number of thioether (sulfide) groups is 1. The Morgan fingerprint density at radius 3 is 2.86 bits per heavy atom. The SMILES string of the molecule is CCN1C(=O)/C(=C\Nc2cccc(CCN3CCCC3)c2)SC1C(C#N)C(=O)O. The fourth-order valence-corrected chi connectivity index (χ4v) is 4.96. The fourth-order valence-electron chi connectivity index (χ4n) is 3.67. The number of nitrogens with one attached hydrogen (secondary N) is 1. The number of rotatable bonds is 8. The molecule has 2 saturated heterocycles. The highest BCUT2D eigenvalue weighted by Gasteiger charge is 2.43. The quantitative estimate of drug-likeness (QED) is 0.631. The molecule has 0 spiro atoms. The molecular formula is C21H26N4O3S. The van der Waals surface area contributed by atoms with Gasteiger partial charge in [-0.05, 0) is 57.0 Å². The van der Waals surface area contributed by atoms with Crippen LogP contribution in [-0.2, 0) is 16.0 Å². The van der Waals surface area contributed by atoms with Crippen LogP contribution in [0.1, 0.15) is 25.3 Å². The van der Waals surface area contributed by atoms with E-state index in [1.54, 1.807) is 19.2 Å². The number of carbonyl (C=O) groups is 2. The van der Waals surface area contributed by atoms with E-state index < -0.39 is 17.3 Å². The lowest BCUT2D eigenvalue weighted by molar-refractivity contribution is -0.141. The molecule has 1 aromatic carbocycles. The first-order valence-electron chi connectivity index (χ1n) is 9.91. The summed E-state index contributed by atoms with van der Waals surface area (Å²) in [5.74, 6) is -2.72. The van der Waals surface area contributed by atoms with E-state index in [0.717, 1.165) is 30.4 Å². The van der Waals surface area contributed by atoms with Gasteiger partial charge in [0.15, 0.2) is 5.92 Å². The summed E-state index contributed by atoms with van der Waals surface area (Å²) < 4.78 is 0. The van der Waals surface area contributed by atoms with Crippen molar-refractivity contribution in [2.24, 2.45) is 5.92 Å². The number of benzene rings is 1. The maximum atomic E-state index is 12.6. The van der Waals surface area contributed by atoms with Crippen LogP contribution in [0.15, 0.2) is 35.4 Å². The van der Waals surface area contributed by atoms with E-state index in [4.69, 9.17) is 0 Å². The minimum Gasteiger partial charge on any atom is -0.480 e. The van der Waals surface area contributed by atoms with Gasteiger partial charge < -0.3 is 20.2 Å². The van der Waals surface area contributed by atoms with Gasteiger partial charge in [0.25, 0.3) is 5.91 Å². The van der Waals surface area contributed by atoms with Crippen LogP contribution in [0.2, 0.25) is 0 Å². The topological polar surface area (TPSA) is 96.7 Å². The van der Waals surface area contributed by atoms with Gasteiger partial charge in [-0.25, -0.2) is 0 Å². The van der Waals surface area contributed by atoms with E-state index in [2.05, 4.69) is 22.3 Å². The van der Waals surface area contributed by atoms with Crippen LogP contribution in [0.3, 0.4) is 0 Å². The highest BCUT2D eigenvalue weighted by atomic mass is 32.2. The summed E-state index contributed by atoms with van der Waals surface area (Å²) in [4.78, 5) is 28.3. The predicted molar refractivity (Wildman–Crippen MR) is 113 cm³/mol. The normalized spacial score (nSPS) is 22.1. The molecule has 1 aromatic rings. The standard InChI is InChI=1S/C21H26N4O3S/c1-2-25-19(26)18(29-20(25)17(13-22)21(27)28)14-23-16-7-5-6-15(12-16)8-11-24-9-3-4-10-24/h5-7,12,14,17,20,23H,2-4,8-11H2,1H3,(H,27,28)/b18-14+. The van der Waals surface area contributed by atoms with Gasteiger partial charge in [-0.15, -0.1) is 0 Å². The van der Waals surface area contributed by atoms with Gasteiger partial charge in [0.05, 0.1) is 11.0 Å². The maximum Gasteiger partial charge on any atom is 0.323 e. The van der Waals surface area contributed by atoms with Crippen LogP contribution in [0.5, 0.6) is 0 Å². The number of hydrogen-bond donors (Lipinski definition) is 2. The lowest BCUT2D eigenvalue weighted by Gasteiger charge is -2.22. The summed E-state index contributed by atoms with van der Waals surface area (Å²) in [5, 5.41) is 20.9. The molecule has 3 rings (SSSR count). The number of nitrogens with zero attached hydrogens (tertiary/aromatic N) is 3. The highest BCUT2D eigenvalue weighted by molar-refractivity contribution is 8.05. The Labute approximate surface area is 175 Å². The number of likely N-dealkylation sites (tertiary alicyclic amines) is 1. The number of carboxylic acids is 1. The van der Waals surface area contributed by atoms with Crippen molar-refractivity contribution in [3.05, 3.63) is 40.9 Å². The van der Waals surface area contributed by atoms with Crippen molar-refractivity contribution in [2.45, 2.75) is 31.6 Å². The van der Waals surface area contributed by atoms with Crippen molar-refractivity contribution in [2.75, 3.05) is 31.5 Å². The number of carbonyl (C=O) groups excluding carboxylic acids is 1. The first-order valence-corrected chi connectivity index (χ1v) is 10.8. The van der Waals surface area contributed by atoms with E-state index in [1.807, 2.05) is 12.1 Å². The number of hydrogen-bond acceptors (Lipinski definition) is 6. The summed E-state index contributed by atoms with van der Waals surface area (Å²) in [6.45, 7) is 5.54. The summed E-state index contributed by atoms with van der Waals surface area (Å²) >= 11 is 1.13. The Kier molecular flexibility index (Phi) is 7.18. The third-order valence-electron chi connectivity index (χ3n) is 5.27. The Balaban J connectivity index is 1.66. The van der Waals surface area contributed by atoms with Crippen molar-refractivity contribution in [1.29, 1.82) is 5.26 Å². The molecule has 2 aliphatic rings. The third-order valence-corrected chi connectivity index (χ3v) is 6.58. The van der Waals surface area contributed by atoms with E-state index in [0.29, 0.717) is 11.4 Å². The zero-order valence-corrected chi connectivity index (χ0v) is 17.3. The molecule has 1 amide bonds. The number of carboxylic acid groups (broad SMARTS) is 1. The molecule has 2 N–H and O–H groups in total. The van der Waals surface area contributed by atoms with Crippen LogP contribution in [0.25, 0.3) is 0 Å². The van der Waals surface area contributed by atoms with Crippen molar-refractivity contribution < 1.29 is 14.7 Å². The van der Waals surface area contributed by atoms with Crippen LogP contribution >= 0.6 is 11.8 Å². The van der Waals surface area contributed by atoms with Crippen molar-refractivity contribution in [3.63, 3.8) is 0 Å². The monoisotopic (exact) mass is 414 g/mol. The number of nitriles is 1. The van der Waals surface area contributed by atoms with Gasteiger partial charge in [-0.1, -0.05) is 23.9 Å². The van der Waals surface area contributed by atoms with Gasteiger partial charge in [0.1, 0.15) is 5.37 Å². The van der Waals surface area contributed by atoms with Crippen LogP contribution in [-0.4, -0.2) is 58.3 Å². The van der Waals surface area contributed by atoms with Crippen molar-refractivity contribution in [3.8, 4) is 6.07 Å². The lowest BCUT2D eigenvalue weighted by Crippen LogP contribution is -2.39. The highest BCUT2D eigenvalue weighted by Crippen LogP contribution is 2.38. The second-order valence-corrected chi connectivity index (χ2v) is 8.36. The summed E-state index contributed by atoms with van der Waals surface area (Å²) in [6.07, 6.45) is 5.16. The van der Waals surface area contributed by atoms with Gasteiger partial charge in [-0.2, -0.15) is 5.26 Å². The van der Waals surface area contributed by atoms with E-state index in [-0.39, 0.29) is 5.91 Å². The molecule has 2 heterocycles. The summed E-state index contributed by atoms with van der Waals surface area (Å²) in [5.41, 5.74) is 2.11. The van der Waals surface area contributed by atoms with E-state index >= 15 is 0 Å². The second-order valence-electron chi connectivity index (χ2n) is 7.20. The number of amides is 1. The summed E-state index contributed by atoms with van der Waals surface area (Å²) in [6, 6.07) is 9.90. The Morgan fingerprint density at radius 1 is 1.45 bits per heavy atom. The maximum absolute atomic E-state index is 12.6. The van der Waals surface area contributed by atoms with Gasteiger partial charge in [-0.3, -0.25) is 9.59 Å². The molecule has 2 atom stereocenters. The van der Waals surface area contributed by atoms with Gasteiger partial charge >= 0.3 is 5.97 Å². The van der Waals surface area contributed by atoms with Crippen LogP contribution in [0.4, 0.5) is 5.69 Å². The zero-order valence-electron chi connectivity index (χ0n) is 16.5. The summed E-state index contributed by atoms with van der Waals surface area (Å²) in [7, 11) is 0. The molecule has 7 nitrogen and oxygen atoms in total. The molecule has 2 aliphatic heterocycles. The van der Waals surface area contributed by atoms with Gasteiger partial charge in [0, 0.05) is 25.0 Å².